The molecule has 0 radical (unpaired) electrons. The van der Waals surface area contributed by atoms with Gasteiger partial charge in [0.15, 0.2) is 9.84 Å². The fourth-order valence-electron chi connectivity index (χ4n) is 2.80. The van der Waals surface area contributed by atoms with E-state index in [2.05, 4.69) is 10.2 Å². The van der Waals surface area contributed by atoms with Crippen molar-refractivity contribution in [1.82, 2.24) is 5.32 Å². The molecule has 0 saturated heterocycles. The van der Waals surface area contributed by atoms with Crippen molar-refractivity contribution < 1.29 is 26.8 Å². The van der Waals surface area contributed by atoms with Gasteiger partial charge in [-0.25, -0.2) is 22.0 Å². The molecule has 0 unspecified atom stereocenters. The Kier molecular flexibility index (Phi) is 6.04. The Morgan fingerprint density at radius 1 is 1.52 bits per heavy atom. The van der Waals surface area contributed by atoms with E-state index in [9.17, 15) is 26.9 Å². The lowest BCUT2D eigenvalue weighted by Crippen LogP contribution is -2.35. The third kappa shape index (κ3) is 4.47. The molecule has 0 bridgehead atoms. The van der Waals surface area contributed by atoms with Crippen LogP contribution >= 0.6 is 11.3 Å². The monoisotopic (exact) mass is 413 g/mol. The molecule has 1 aromatic heterocycles. The predicted octanol–water partition coefficient (Wildman–Crippen LogP) is 0.581. The molecule has 1 aromatic rings. The number of fused-ring (bicyclic) bond motifs is 1. The van der Waals surface area contributed by atoms with E-state index in [1.807, 2.05) is 6.92 Å². The molecule has 25 heavy (non-hydrogen) atoms. The highest BCUT2D eigenvalue weighted by atomic mass is 32.3. The molecule has 142 valence electrons. The van der Waals surface area contributed by atoms with Crippen molar-refractivity contribution in [2.24, 2.45) is 5.14 Å². The van der Waals surface area contributed by atoms with E-state index in [0.29, 0.717) is 23.4 Å². The second-order valence-corrected chi connectivity index (χ2v) is 10.8. The van der Waals surface area contributed by atoms with Gasteiger partial charge in [0.25, 0.3) is 5.09 Å². The van der Waals surface area contributed by atoms with Crippen molar-refractivity contribution in [2.45, 2.75) is 45.9 Å². The molecule has 2 rings (SSSR count). The number of primary sulfonamides is 1. The third-order valence-corrected chi connectivity index (χ3v) is 9.24. The zero-order valence-electron chi connectivity index (χ0n) is 13.4. The maximum atomic E-state index is 12.8. The first-order valence-electron chi connectivity index (χ1n) is 7.48. The van der Waals surface area contributed by atoms with Gasteiger partial charge in [-0.3, -0.25) is 0 Å². The minimum atomic E-state index is -4.00. The molecule has 1 aliphatic rings. The Morgan fingerprint density at radius 2 is 2.20 bits per heavy atom. The minimum Gasteiger partial charge on any atom is -0.314 e. The molecule has 2 heterocycles. The molecule has 2 atom stereocenters. The SMILES string of the molecule is CCN[C@H]1C[C@H](CCCO[N+](=O)[O-])S(=O)(=O)c2sc(S(N)(=O)=O)cc21. The summed E-state index contributed by atoms with van der Waals surface area (Å²) in [6.07, 6.45) is 0.634. The average Bonchev–Trinajstić information content (AvgIpc) is 2.94. The van der Waals surface area contributed by atoms with Gasteiger partial charge in [0.1, 0.15) is 8.42 Å². The maximum Gasteiger partial charge on any atom is 0.294 e. The number of hydrogen-bond donors (Lipinski definition) is 2. The van der Waals surface area contributed by atoms with Gasteiger partial charge in [0.2, 0.25) is 10.0 Å². The summed E-state index contributed by atoms with van der Waals surface area (Å²) in [6, 6.07) is 0.989. The van der Waals surface area contributed by atoms with Crippen molar-refractivity contribution in [3.63, 3.8) is 0 Å². The highest BCUT2D eigenvalue weighted by Crippen LogP contribution is 2.43. The van der Waals surface area contributed by atoms with E-state index in [4.69, 9.17) is 5.14 Å². The van der Waals surface area contributed by atoms with Crippen molar-refractivity contribution in [3.05, 3.63) is 21.7 Å². The molecule has 0 aromatic carbocycles. The number of hydrogen-bond acceptors (Lipinski definition) is 9. The number of nitrogens with zero attached hydrogens (tertiary/aromatic N) is 1. The molecule has 0 fully saturated rings. The zero-order valence-corrected chi connectivity index (χ0v) is 15.8. The van der Waals surface area contributed by atoms with Gasteiger partial charge < -0.3 is 10.2 Å². The van der Waals surface area contributed by atoms with Gasteiger partial charge >= 0.3 is 0 Å². The smallest absolute Gasteiger partial charge is 0.294 e. The minimum absolute atomic E-state index is 0.00563. The molecule has 0 amide bonds. The van der Waals surface area contributed by atoms with E-state index in [1.165, 1.54) is 6.07 Å². The molecule has 1 aliphatic heterocycles. The molecule has 0 aliphatic carbocycles. The van der Waals surface area contributed by atoms with E-state index in [-0.39, 0.29) is 40.3 Å². The molecule has 3 N–H and O–H groups in total. The van der Waals surface area contributed by atoms with Crippen LogP contribution < -0.4 is 10.5 Å². The van der Waals surface area contributed by atoms with E-state index in [1.54, 1.807) is 0 Å². The lowest BCUT2D eigenvalue weighted by molar-refractivity contribution is -0.757. The summed E-state index contributed by atoms with van der Waals surface area (Å²) >= 11 is 0.646. The van der Waals surface area contributed by atoms with Crippen LogP contribution in [-0.2, 0) is 24.7 Å². The molecule has 13 heteroatoms. The van der Waals surface area contributed by atoms with Crippen LogP contribution in [0.15, 0.2) is 14.5 Å². The third-order valence-electron chi connectivity index (χ3n) is 3.87. The van der Waals surface area contributed by atoms with Crippen molar-refractivity contribution in [2.75, 3.05) is 13.2 Å². The van der Waals surface area contributed by atoms with Crippen molar-refractivity contribution in [1.29, 1.82) is 0 Å². The quantitative estimate of drug-likeness (QED) is 0.356. The Labute approximate surface area is 149 Å². The van der Waals surface area contributed by atoms with Crippen molar-refractivity contribution >= 4 is 31.2 Å². The first-order chi connectivity index (χ1) is 11.6. The van der Waals surface area contributed by atoms with Gasteiger partial charge in [0, 0.05) is 11.6 Å². The van der Waals surface area contributed by atoms with Crippen LogP contribution in [-0.4, -0.2) is 40.3 Å². The Hall–Kier alpha value is -1.28. The number of nitrogens with one attached hydrogen (secondary N) is 1. The molecule has 10 nitrogen and oxygen atoms in total. The Balaban J connectivity index is 2.32. The summed E-state index contributed by atoms with van der Waals surface area (Å²) in [5.41, 5.74) is 0.411. The highest BCUT2D eigenvalue weighted by Gasteiger charge is 2.41. The van der Waals surface area contributed by atoms with Crippen LogP contribution in [0.4, 0.5) is 0 Å². The number of thiophene rings is 1. The van der Waals surface area contributed by atoms with Crippen molar-refractivity contribution in [3.8, 4) is 0 Å². The first-order valence-corrected chi connectivity index (χ1v) is 11.4. The zero-order chi connectivity index (χ0) is 18.8. The normalized spacial score (nSPS) is 22.3. The highest BCUT2D eigenvalue weighted by molar-refractivity contribution is 7.95. The molecule has 0 spiro atoms. The lowest BCUT2D eigenvalue weighted by atomic mass is 10.0. The van der Waals surface area contributed by atoms with Gasteiger partial charge in [-0.15, -0.1) is 21.5 Å². The summed E-state index contributed by atoms with van der Waals surface area (Å²) in [7, 11) is -7.74. The van der Waals surface area contributed by atoms with Gasteiger partial charge in [-0.1, -0.05) is 6.92 Å². The number of rotatable bonds is 8. The number of sulfone groups is 1. The molecular weight excluding hydrogens is 394 g/mol. The fraction of sp³-hybridized carbons (Fsp3) is 0.667. The molecule has 0 saturated carbocycles. The number of sulfonamides is 1. The van der Waals surface area contributed by atoms with Crippen LogP contribution in [0.3, 0.4) is 0 Å². The van der Waals surface area contributed by atoms with Crippen LogP contribution in [0.1, 0.15) is 37.8 Å². The van der Waals surface area contributed by atoms with E-state index < -0.39 is 30.2 Å². The summed E-state index contributed by atoms with van der Waals surface area (Å²) in [5.74, 6) is 0. The van der Waals surface area contributed by atoms with Gasteiger partial charge in [0.05, 0.1) is 11.9 Å². The van der Waals surface area contributed by atoms with Crippen LogP contribution in [0.5, 0.6) is 0 Å². The van der Waals surface area contributed by atoms with Crippen LogP contribution in [0, 0.1) is 10.1 Å². The van der Waals surface area contributed by atoms with Crippen LogP contribution in [0.2, 0.25) is 0 Å². The van der Waals surface area contributed by atoms with Gasteiger partial charge in [-0.2, -0.15) is 0 Å². The predicted molar refractivity (Wildman–Crippen MR) is 89.9 cm³/mol. The largest absolute Gasteiger partial charge is 0.314 e. The first kappa shape index (κ1) is 20.0. The van der Waals surface area contributed by atoms with E-state index >= 15 is 0 Å². The number of nitrogens with two attached hydrogens (primary N) is 1. The summed E-state index contributed by atoms with van der Waals surface area (Å²) < 4.78 is 48.5. The van der Waals surface area contributed by atoms with Crippen LogP contribution in [0.25, 0.3) is 0 Å². The maximum absolute atomic E-state index is 12.8. The average molecular weight is 413 g/mol. The summed E-state index contributed by atoms with van der Waals surface area (Å²) in [6.45, 7) is 2.24. The summed E-state index contributed by atoms with van der Waals surface area (Å²) in [4.78, 5) is 14.4. The second-order valence-electron chi connectivity index (χ2n) is 5.57. The Morgan fingerprint density at radius 3 is 2.76 bits per heavy atom. The second kappa shape index (κ2) is 7.53. The molecular formula is C12H19N3O7S3. The topological polar surface area (TPSA) is 159 Å². The lowest BCUT2D eigenvalue weighted by Gasteiger charge is -2.29. The van der Waals surface area contributed by atoms with E-state index in [0.717, 1.165) is 0 Å². The Bertz CT molecular complexity index is 847. The standard InChI is InChI=1S/C12H19N3O7S3/c1-2-14-10-6-8(4-3-5-22-15(16)17)24(18,19)12-9(10)7-11(23-12)25(13,20)21/h7-8,10,14H,2-6H2,1H3,(H2,13,20,21)/t8-,10-/m0/s1. The van der Waals surface area contributed by atoms with Gasteiger partial charge in [-0.05, 0) is 31.9 Å². The summed E-state index contributed by atoms with van der Waals surface area (Å²) in [5, 5.41) is 16.7. The fourth-order valence-corrected chi connectivity index (χ4v) is 7.55.